The lowest BCUT2D eigenvalue weighted by Gasteiger charge is -2.13. The van der Waals surface area contributed by atoms with E-state index in [2.05, 4.69) is 24.1 Å². The number of benzene rings is 1. The van der Waals surface area contributed by atoms with Crippen LogP contribution in [-0.4, -0.2) is 24.6 Å². The number of amides is 1. The SMILES string of the molecule is COc1cc(CNC(=O)c2cscn2)ccc1OCCC(C)C. The lowest BCUT2D eigenvalue weighted by Crippen LogP contribution is -2.23. The molecule has 2 aromatic rings. The summed E-state index contributed by atoms with van der Waals surface area (Å²) in [5.41, 5.74) is 3.03. The average molecular weight is 334 g/mol. The van der Waals surface area contributed by atoms with Gasteiger partial charge < -0.3 is 14.8 Å². The molecule has 23 heavy (non-hydrogen) atoms. The maximum atomic E-state index is 11.9. The molecule has 1 heterocycles. The minimum absolute atomic E-state index is 0.178. The molecule has 0 fully saturated rings. The molecule has 0 aliphatic heterocycles. The molecule has 0 saturated heterocycles. The van der Waals surface area contributed by atoms with Gasteiger partial charge in [-0.3, -0.25) is 4.79 Å². The Morgan fingerprint density at radius 3 is 2.83 bits per heavy atom. The number of carbonyl (C=O) groups excluding carboxylic acids is 1. The summed E-state index contributed by atoms with van der Waals surface area (Å²) < 4.78 is 11.1. The molecule has 0 bridgehead atoms. The van der Waals surface area contributed by atoms with Gasteiger partial charge in [0, 0.05) is 11.9 Å². The molecule has 0 spiro atoms. The van der Waals surface area contributed by atoms with Crippen LogP contribution in [0.15, 0.2) is 29.1 Å². The second-order valence-corrected chi connectivity index (χ2v) is 6.29. The van der Waals surface area contributed by atoms with E-state index in [1.807, 2.05) is 18.2 Å². The molecule has 0 aliphatic rings. The van der Waals surface area contributed by atoms with Crippen molar-refractivity contribution in [2.75, 3.05) is 13.7 Å². The van der Waals surface area contributed by atoms with Crippen molar-refractivity contribution in [1.82, 2.24) is 10.3 Å². The third-order valence-electron chi connectivity index (χ3n) is 3.30. The monoisotopic (exact) mass is 334 g/mol. The number of hydrogen-bond donors (Lipinski definition) is 1. The molecule has 1 aromatic heterocycles. The maximum absolute atomic E-state index is 11.9. The van der Waals surface area contributed by atoms with Crippen molar-refractivity contribution in [2.24, 2.45) is 5.92 Å². The Labute approximate surface area is 140 Å². The third-order valence-corrected chi connectivity index (χ3v) is 3.89. The van der Waals surface area contributed by atoms with Gasteiger partial charge in [0.05, 0.1) is 19.2 Å². The summed E-state index contributed by atoms with van der Waals surface area (Å²) in [6, 6.07) is 5.68. The molecular weight excluding hydrogens is 312 g/mol. The molecule has 0 unspecified atom stereocenters. The van der Waals surface area contributed by atoms with E-state index in [4.69, 9.17) is 9.47 Å². The first kappa shape index (κ1) is 17.3. The molecule has 0 saturated carbocycles. The van der Waals surface area contributed by atoms with Gasteiger partial charge in [0.15, 0.2) is 11.5 Å². The van der Waals surface area contributed by atoms with E-state index in [-0.39, 0.29) is 5.91 Å². The second kappa shape index (κ2) is 8.53. The van der Waals surface area contributed by atoms with Crippen molar-refractivity contribution in [3.8, 4) is 11.5 Å². The Morgan fingerprint density at radius 2 is 2.17 bits per heavy atom. The topological polar surface area (TPSA) is 60.5 Å². The van der Waals surface area contributed by atoms with Crippen LogP contribution in [0.3, 0.4) is 0 Å². The molecule has 124 valence electrons. The molecule has 0 aliphatic carbocycles. The normalized spacial score (nSPS) is 10.6. The molecule has 1 N–H and O–H groups in total. The number of methoxy groups -OCH3 is 1. The number of hydrogen-bond acceptors (Lipinski definition) is 5. The van der Waals surface area contributed by atoms with Crippen molar-refractivity contribution in [1.29, 1.82) is 0 Å². The first-order valence-corrected chi connectivity index (χ1v) is 8.50. The standard InChI is InChI=1S/C17H22N2O3S/c1-12(2)6-7-22-15-5-4-13(8-16(15)21-3)9-18-17(20)14-10-23-11-19-14/h4-5,8,10-12H,6-7,9H2,1-3H3,(H,18,20). The fraction of sp³-hybridized carbons (Fsp3) is 0.412. The number of aromatic nitrogens is 1. The Balaban J connectivity index is 1.94. The maximum Gasteiger partial charge on any atom is 0.271 e. The smallest absolute Gasteiger partial charge is 0.271 e. The van der Waals surface area contributed by atoms with E-state index in [9.17, 15) is 4.79 Å². The summed E-state index contributed by atoms with van der Waals surface area (Å²) in [6.45, 7) is 5.40. The predicted molar refractivity (Wildman–Crippen MR) is 91.2 cm³/mol. The minimum atomic E-state index is -0.178. The van der Waals surface area contributed by atoms with Crippen LogP contribution in [0.1, 0.15) is 36.3 Å². The van der Waals surface area contributed by atoms with Crippen LogP contribution in [0.2, 0.25) is 0 Å². The molecule has 5 nitrogen and oxygen atoms in total. The molecular formula is C17H22N2O3S. The lowest BCUT2D eigenvalue weighted by atomic mass is 10.1. The highest BCUT2D eigenvalue weighted by molar-refractivity contribution is 7.07. The Hall–Kier alpha value is -2.08. The third kappa shape index (κ3) is 5.25. The fourth-order valence-corrected chi connectivity index (χ4v) is 2.48. The van der Waals surface area contributed by atoms with E-state index in [1.165, 1.54) is 11.3 Å². The quantitative estimate of drug-likeness (QED) is 0.802. The molecule has 2 rings (SSSR count). The number of thiazole rings is 1. The minimum Gasteiger partial charge on any atom is -0.493 e. The number of nitrogens with zero attached hydrogens (tertiary/aromatic N) is 1. The summed E-state index contributed by atoms with van der Waals surface area (Å²) in [7, 11) is 1.61. The van der Waals surface area contributed by atoms with Gasteiger partial charge in [0.1, 0.15) is 5.69 Å². The fourth-order valence-electron chi connectivity index (χ4n) is 1.94. The first-order chi connectivity index (χ1) is 11.1. The van der Waals surface area contributed by atoms with Gasteiger partial charge in [-0.2, -0.15) is 0 Å². The number of rotatable bonds is 8. The highest BCUT2D eigenvalue weighted by Crippen LogP contribution is 2.28. The average Bonchev–Trinajstić information content (AvgIpc) is 3.07. The van der Waals surface area contributed by atoms with Gasteiger partial charge in [0.2, 0.25) is 0 Å². The Morgan fingerprint density at radius 1 is 1.35 bits per heavy atom. The highest BCUT2D eigenvalue weighted by atomic mass is 32.1. The highest BCUT2D eigenvalue weighted by Gasteiger charge is 2.09. The molecule has 0 atom stereocenters. The lowest BCUT2D eigenvalue weighted by molar-refractivity contribution is 0.0946. The van der Waals surface area contributed by atoms with Crippen LogP contribution in [0.5, 0.6) is 11.5 Å². The van der Waals surface area contributed by atoms with E-state index in [0.29, 0.717) is 30.5 Å². The van der Waals surface area contributed by atoms with Gasteiger partial charge in [-0.05, 0) is 30.0 Å². The van der Waals surface area contributed by atoms with Crippen molar-refractivity contribution in [3.63, 3.8) is 0 Å². The molecule has 1 aromatic carbocycles. The van der Waals surface area contributed by atoms with Crippen LogP contribution in [0, 0.1) is 5.92 Å². The number of carbonyl (C=O) groups is 1. The Kier molecular flexibility index (Phi) is 6.40. The van der Waals surface area contributed by atoms with Gasteiger partial charge in [0.25, 0.3) is 5.91 Å². The number of ether oxygens (including phenoxy) is 2. The zero-order chi connectivity index (χ0) is 16.7. The van der Waals surface area contributed by atoms with E-state index >= 15 is 0 Å². The van der Waals surface area contributed by atoms with Gasteiger partial charge >= 0.3 is 0 Å². The van der Waals surface area contributed by atoms with Crippen molar-refractivity contribution in [2.45, 2.75) is 26.8 Å². The zero-order valence-electron chi connectivity index (χ0n) is 13.7. The van der Waals surface area contributed by atoms with Gasteiger partial charge in [-0.1, -0.05) is 19.9 Å². The van der Waals surface area contributed by atoms with Crippen LogP contribution in [0.4, 0.5) is 0 Å². The van der Waals surface area contributed by atoms with Gasteiger partial charge in [-0.25, -0.2) is 4.98 Å². The van der Waals surface area contributed by atoms with Crippen molar-refractivity contribution >= 4 is 17.2 Å². The summed E-state index contributed by atoms with van der Waals surface area (Å²) in [5, 5.41) is 4.56. The summed E-state index contributed by atoms with van der Waals surface area (Å²) in [6.07, 6.45) is 0.995. The van der Waals surface area contributed by atoms with Crippen molar-refractivity contribution < 1.29 is 14.3 Å². The van der Waals surface area contributed by atoms with E-state index in [0.717, 1.165) is 17.7 Å². The van der Waals surface area contributed by atoms with Crippen LogP contribution in [-0.2, 0) is 6.54 Å². The van der Waals surface area contributed by atoms with E-state index < -0.39 is 0 Å². The first-order valence-electron chi connectivity index (χ1n) is 7.56. The largest absolute Gasteiger partial charge is 0.493 e. The van der Waals surface area contributed by atoms with Crippen LogP contribution < -0.4 is 14.8 Å². The van der Waals surface area contributed by atoms with Crippen LogP contribution >= 0.6 is 11.3 Å². The second-order valence-electron chi connectivity index (χ2n) is 5.57. The molecule has 6 heteroatoms. The van der Waals surface area contributed by atoms with Crippen molar-refractivity contribution in [3.05, 3.63) is 40.3 Å². The molecule has 0 radical (unpaired) electrons. The zero-order valence-corrected chi connectivity index (χ0v) is 14.5. The summed E-state index contributed by atoms with van der Waals surface area (Å²) in [4.78, 5) is 15.9. The van der Waals surface area contributed by atoms with Crippen LogP contribution in [0.25, 0.3) is 0 Å². The van der Waals surface area contributed by atoms with Gasteiger partial charge in [-0.15, -0.1) is 11.3 Å². The summed E-state index contributed by atoms with van der Waals surface area (Å²) in [5.74, 6) is 1.82. The summed E-state index contributed by atoms with van der Waals surface area (Å²) >= 11 is 1.40. The van der Waals surface area contributed by atoms with E-state index in [1.54, 1.807) is 18.0 Å². The Bertz CT molecular complexity index is 627. The number of nitrogens with one attached hydrogen (secondary N) is 1. The molecule has 1 amide bonds. The predicted octanol–water partition coefficient (Wildman–Crippen LogP) is 3.51.